The van der Waals surface area contributed by atoms with Gasteiger partial charge in [0.1, 0.15) is 0 Å². The van der Waals surface area contributed by atoms with E-state index in [9.17, 15) is 4.79 Å². The van der Waals surface area contributed by atoms with Crippen molar-refractivity contribution in [3.05, 3.63) is 34.5 Å². The monoisotopic (exact) mass is 304 g/mol. The quantitative estimate of drug-likeness (QED) is 0.852. The minimum Gasteiger partial charge on any atom is -0.338 e. The minimum atomic E-state index is 0.110. The molecule has 3 rings (SSSR count). The highest BCUT2D eigenvalue weighted by atomic mass is 32.1. The van der Waals surface area contributed by atoms with Crippen molar-refractivity contribution in [2.24, 2.45) is 5.92 Å². The van der Waals surface area contributed by atoms with Crippen molar-refractivity contribution >= 4 is 17.2 Å². The topological polar surface area (TPSA) is 51.0 Å². The Morgan fingerprint density at radius 1 is 1.52 bits per heavy atom. The molecule has 1 amide bonds. The minimum absolute atomic E-state index is 0.110. The molecule has 0 aliphatic carbocycles. The van der Waals surface area contributed by atoms with E-state index in [4.69, 9.17) is 0 Å². The van der Waals surface area contributed by atoms with Gasteiger partial charge in [-0.2, -0.15) is 5.10 Å². The average molecular weight is 304 g/mol. The van der Waals surface area contributed by atoms with Crippen LogP contribution in [0.5, 0.6) is 0 Å². The van der Waals surface area contributed by atoms with Crippen molar-refractivity contribution in [2.75, 3.05) is 13.1 Å². The Bertz CT molecular complexity index is 593. The van der Waals surface area contributed by atoms with Crippen LogP contribution < -0.4 is 0 Å². The van der Waals surface area contributed by atoms with Gasteiger partial charge in [-0.25, -0.2) is 4.98 Å². The zero-order chi connectivity index (χ0) is 14.7. The van der Waals surface area contributed by atoms with Crippen LogP contribution in [-0.2, 0) is 13.0 Å². The summed E-state index contributed by atoms with van der Waals surface area (Å²) in [7, 11) is 0. The smallest absolute Gasteiger partial charge is 0.257 e. The van der Waals surface area contributed by atoms with Gasteiger partial charge >= 0.3 is 0 Å². The zero-order valence-electron chi connectivity index (χ0n) is 12.2. The normalized spacial score (nSPS) is 18.3. The molecule has 112 valence electrons. The zero-order valence-corrected chi connectivity index (χ0v) is 13.1. The van der Waals surface area contributed by atoms with Crippen molar-refractivity contribution < 1.29 is 4.79 Å². The lowest BCUT2D eigenvalue weighted by molar-refractivity contribution is 0.0787. The average Bonchev–Trinajstić information content (AvgIpc) is 3.20. The standard InChI is InChI=1S/C15H20N4OS/c1-2-5-19-11-13(9-17-19)15(20)18-6-3-12(10-18)8-14-16-4-7-21-14/h4,7,9,11-12H,2-3,5-6,8,10H2,1H3. The molecule has 1 saturated heterocycles. The van der Waals surface area contributed by atoms with Crippen LogP contribution in [0.1, 0.15) is 35.1 Å². The molecule has 0 bridgehead atoms. The van der Waals surface area contributed by atoms with Gasteiger partial charge in [0.15, 0.2) is 0 Å². The van der Waals surface area contributed by atoms with Crippen LogP contribution in [0.15, 0.2) is 24.0 Å². The Labute approximate surface area is 128 Å². The maximum absolute atomic E-state index is 12.5. The number of likely N-dealkylation sites (tertiary alicyclic amines) is 1. The Morgan fingerprint density at radius 3 is 3.19 bits per heavy atom. The Morgan fingerprint density at radius 2 is 2.43 bits per heavy atom. The lowest BCUT2D eigenvalue weighted by atomic mass is 10.1. The summed E-state index contributed by atoms with van der Waals surface area (Å²) in [4.78, 5) is 18.8. The molecule has 2 aromatic rings. The molecule has 0 aromatic carbocycles. The molecule has 1 unspecified atom stereocenters. The van der Waals surface area contributed by atoms with Crippen LogP contribution in [0.2, 0.25) is 0 Å². The number of nitrogens with zero attached hydrogens (tertiary/aromatic N) is 4. The molecular formula is C15H20N4OS. The number of thiazole rings is 1. The number of hydrogen-bond donors (Lipinski definition) is 0. The summed E-state index contributed by atoms with van der Waals surface area (Å²) in [6.45, 7) is 4.64. The van der Waals surface area contributed by atoms with Gasteiger partial charge in [-0.05, 0) is 18.8 Å². The summed E-state index contributed by atoms with van der Waals surface area (Å²) >= 11 is 1.70. The molecule has 0 radical (unpaired) electrons. The van der Waals surface area contributed by atoms with Crippen LogP contribution in [-0.4, -0.2) is 38.7 Å². The fraction of sp³-hybridized carbons (Fsp3) is 0.533. The molecule has 1 aliphatic heterocycles. The van der Waals surface area contributed by atoms with Crippen LogP contribution in [0.25, 0.3) is 0 Å². The first kappa shape index (κ1) is 14.3. The van der Waals surface area contributed by atoms with E-state index in [-0.39, 0.29) is 5.91 Å². The van der Waals surface area contributed by atoms with E-state index in [1.165, 1.54) is 5.01 Å². The first-order valence-corrected chi connectivity index (χ1v) is 8.34. The second-order valence-electron chi connectivity index (χ2n) is 5.53. The molecule has 0 saturated carbocycles. The molecule has 3 heterocycles. The fourth-order valence-electron chi connectivity index (χ4n) is 2.79. The molecule has 0 N–H and O–H groups in total. The van der Waals surface area contributed by atoms with E-state index in [1.54, 1.807) is 17.5 Å². The van der Waals surface area contributed by atoms with Gasteiger partial charge in [-0.15, -0.1) is 11.3 Å². The SMILES string of the molecule is CCCn1cc(C(=O)N2CCC(Cc3nccs3)C2)cn1. The van der Waals surface area contributed by atoms with E-state index in [0.717, 1.165) is 38.9 Å². The van der Waals surface area contributed by atoms with Crippen LogP contribution in [0.4, 0.5) is 0 Å². The van der Waals surface area contributed by atoms with Crippen molar-refractivity contribution in [1.82, 2.24) is 19.7 Å². The number of rotatable bonds is 5. The first-order chi connectivity index (χ1) is 10.3. The second-order valence-corrected chi connectivity index (χ2v) is 6.51. The number of hydrogen-bond acceptors (Lipinski definition) is 4. The Kier molecular flexibility index (Phi) is 4.34. The molecule has 5 nitrogen and oxygen atoms in total. The van der Waals surface area contributed by atoms with Crippen LogP contribution in [0, 0.1) is 5.92 Å². The largest absolute Gasteiger partial charge is 0.338 e. The summed E-state index contributed by atoms with van der Waals surface area (Å²) in [6.07, 6.45) is 8.46. The van der Waals surface area contributed by atoms with E-state index in [2.05, 4.69) is 17.0 Å². The Hall–Kier alpha value is -1.69. The third-order valence-corrected chi connectivity index (χ3v) is 4.65. The summed E-state index contributed by atoms with van der Waals surface area (Å²) in [5.41, 5.74) is 0.707. The lowest BCUT2D eigenvalue weighted by Crippen LogP contribution is -2.28. The van der Waals surface area contributed by atoms with Crippen LogP contribution in [0.3, 0.4) is 0 Å². The fourth-order valence-corrected chi connectivity index (χ4v) is 3.52. The summed E-state index contributed by atoms with van der Waals surface area (Å²) < 4.78 is 1.84. The molecule has 21 heavy (non-hydrogen) atoms. The predicted octanol–water partition coefficient (Wildman–Crippen LogP) is 2.45. The van der Waals surface area contributed by atoms with E-state index >= 15 is 0 Å². The van der Waals surface area contributed by atoms with E-state index < -0.39 is 0 Å². The maximum Gasteiger partial charge on any atom is 0.257 e. The number of aromatic nitrogens is 3. The number of aryl methyl sites for hydroxylation is 1. The van der Waals surface area contributed by atoms with Crippen molar-refractivity contribution in [3.8, 4) is 0 Å². The maximum atomic E-state index is 12.5. The highest BCUT2D eigenvalue weighted by Gasteiger charge is 2.28. The lowest BCUT2D eigenvalue weighted by Gasteiger charge is -2.15. The second kappa shape index (κ2) is 6.39. The van der Waals surface area contributed by atoms with Crippen molar-refractivity contribution in [2.45, 2.75) is 32.7 Å². The molecule has 1 fully saturated rings. The highest BCUT2D eigenvalue weighted by molar-refractivity contribution is 7.09. The van der Waals surface area contributed by atoms with Crippen molar-refractivity contribution in [3.63, 3.8) is 0 Å². The summed E-state index contributed by atoms with van der Waals surface area (Å²) in [5, 5.41) is 7.42. The molecule has 2 aromatic heterocycles. The van der Waals surface area contributed by atoms with E-state index in [1.807, 2.05) is 27.4 Å². The van der Waals surface area contributed by atoms with Gasteiger partial charge in [-0.1, -0.05) is 6.92 Å². The first-order valence-electron chi connectivity index (χ1n) is 7.46. The third kappa shape index (κ3) is 3.32. The summed E-state index contributed by atoms with van der Waals surface area (Å²) in [5.74, 6) is 0.643. The number of carbonyl (C=O) groups excluding carboxylic acids is 1. The molecular weight excluding hydrogens is 284 g/mol. The predicted molar refractivity (Wildman–Crippen MR) is 82.3 cm³/mol. The highest BCUT2D eigenvalue weighted by Crippen LogP contribution is 2.23. The van der Waals surface area contributed by atoms with E-state index in [0.29, 0.717) is 11.5 Å². The van der Waals surface area contributed by atoms with Gasteiger partial charge < -0.3 is 4.90 Å². The van der Waals surface area contributed by atoms with Gasteiger partial charge in [0, 0.05) is 43.8 Å². The third-order valence-electron chi connectivity index (χ3n) is 3.85. The summed E-state index contributed by atoms with van der Waals surface area (Å²) in [6, 6.07) is 0. The van der Waals surface area contributed by atoms with Gasteiger partial charge in [-0.3, -0.25) is 9.48 Å². The molecule has 1 aliphatic rings. The van der Waals surface area contributed by atoms with Crippen molar-refractivity contribution in [1.29, 1.82) is 0 Å². The number of amides is 1. The Balaban J connectivity index is 1.58. The molecule has 6 heteroatoms. The molecule has 0 spiro atoms. The number of carbonyl (C=O) groups is 1. The molecule has 1 atom stereocenters. The van der Waals surface area contributed by atoms with Gasteiger partial charge in [0.25, 0.3) is 5.91 Å². The van der Waals surface area contributed by atoms with Gasteiger partial charge in [0.05, 0.1) is 16.8 Å². The van der Waals surface area contributed by atoms with Gasteiger partial charge in [0.2, 0.25) is 0 Å². The van der Waals surface area contributed by atoms with Crippen LogP contribution >= 0.6 is 11.3 Å².